The first kappa shape index (κ1) is 24.0. The highest BCUT2D eigenvalue weighted by Crippen LogP contribution is 2.37. The topological polar surface area (TPSA) is 95.9 Å². The third-order valence-corrected chi connectivity index (χ3v) is 8.75. The van der Waals surface area contributed by atoms with E-state index >= 15 is 0 Å². The monoisotopic (exact) mass is 497 g/mol. The van der Waals surface area contributed by atoms with Gasteiger partial charge in [-0.2, -0.15) is 17.9 Å². The molecular formula is C25H27N3O4S2. The van der Waals surface area contributed by atoms with Gasteiger partial charge in [0, 0.05) is 12.1 Å². The van der Waals surface area contributed by atoms with Gasteiger partial charge in [-0.3, -0.25) is 4.72 Å². The molecule has 0 aromatic heterocycles. The molecule has 0 spiro atoms. The first-order chi connectivity index (χ1) is 16.1. The van der Waals surface area contributed by atoms with Gasteiger partial charge in [0.05, 0.1) is 22.4 Å². The molecule has 3 aromatic rings. The van der Waals surface area contributed by atoms with Crippen molar-refractivity contribution in [1.82, 2.24) is 4.41 Å². The number of benzene rings is 3. The second-order valence-corrected chi connectivity index (χ2v) is 12.2. The van der Waals surface area contributed by atoms with Gasteiger partial charge in [-0.25, -0.2) is 8.42 Å². The van der Waals surface area contributed by atoms with Gasteiger partial charge in [-0.05, 0) is 56.2 Å². The van der Waals surface area contributed by atoms with E-state index in [0.717, 1.165) is 16.7 Å². The molecule has 0 aliphatic carbocycles. The van der Waals surface area contributed by atoms with Gasteiger partial charge in [0.25, 0.3) is 10.0 Å². The van der Waals surface area contributed by atoms with Crippen molar-refractivity contribution in [2.75, 3.05) is 10.5 Å². The minimum absolute atomic E-state index is 0.0454. The van der Waals surface area contributed by atoms with Gasteiger partial charge in [-0.15, -0.1) is 0 Å². The summed E-state index contributed by atoms with van der Waals surface area (Å²) in [6, 6.07) is 20.8. The second kappa shape index (κ2) is 9.23. The maximum absolute atomic E-state index is 13.6. The Kier molecular flexibility index (Phi) is 6.51. The van der Waals surface area contributed by atoms with Crippen LogP contribution in [-0.2, 0) is 20.0 Å². The summed E-state index contributed by atoms with van der Waals surface area (Å²) in [6.07, 6.45) is 0.359. The average Bonchev–Trinajstić information content (AvgIpc) is 3.26. The van der Waals surface area contributed by atoms with E-state index in [1.165, 1.54) is 4.41 Å². The molecule has 34 heavy (non-hydrogen) atoms. The van der Waals surface area contributed by atoms with Crippen LogP contribution >= 0.6 is 0 Å². The van der Waals surface area contributed by atoms with Crippen LogP contribution in [0.25, 0.3) is 0 Å². The van der Waals surface area contributed by atoms with Crippen LogP contribution < -0.4 is 4.72 Å². The standard InChI is InChI=1S/C25H27N3O4S2/c1-4-33(29,30)27-22-7-5-6-21(16-22)24-17-25(20-12-8-18(2)9-13-20)28(26-24)34(31,32)23-14-10-19(3)11-15-23/h5-16,25,27H,4,17H2,1-3H3. The lowest BCUT2D eigenvalue weighted by Crippen LogP contribution is -2.27. The summed E-state index contributed by atoms with van der Waals surface area (Å²) in [6.45, 7) is 5.44. The van der Waals surface area contributed by atoms with Crippen molar-refractivity contribution in [1.29, 1.82) is 0 Å². The van der Waals surface area contributed by atoms with Gasteiger partial charge in [0.2, 0.25) is 10.0 Å². The van der Waals surface area contributed by atoms with Crippen LogP contribution in [0.3, 0.4) is 0 Å². The van der Waals surface area contributed by atoms with Crippen LogP contribution in [-0.4, -0.2) is 32.7 Å². The lowest BCUT2D eigenvalue weighted by Gasteiger charge is -2.23. The predicted molar refractivity (Wildman–Crippen MR) is 135 cm³/mol. The molecule has 4 rings (SSSR count). The maximum Gasteiger partial charge on any atom is 0.279 e. The highest BCUT2D eigenvalue weighted by atomic mass is 32.2. The fraction of sp³-hybridized carbons (Fsp3) is 0.240. The molecule has 178 valence electrons. The lowest BCUT2D eigenvalue weighted by atomic mass is 9.98. The molecule has 1 aliphatic heterocycles. The van der Waals surface area contributed by atoms with Crippen molar-refractivity contribution in [2.24, 2.45) is 5.10 Å². The van der Waals surface area contributed by atoms with Crippen LogP contribution in [0.1, 0.15) is 41.6 Å². The third kappa shape index (κ3) is 5.00. The summed E-state index contributed by atoms with van der Waals surface area (Å²) in [4.78, 5) is 0.171. The Hall–Kier alpha value is -3.17. The van der Waals surface area contributed by atoms with Gasteiger partial charge in [-0.1, -0.05) is 59.7 Å². The van der Waals surface area contributed by atoms with E-state index in [9.17, 15) is 16.8 Å². The number of hydrogen-bond acceptors (Lipinski definition) is 5. The van der Waals surface area contributed by atoms with Crippen LogP contribution in [0.2, 0.25) is 0 Å². The van der Waals surface area contributed by atoms with Crippen molar-refractivity contribution in [2.45, 2.75) is 38.1 Å². The molecule has 7 nitrogen and oxygen atoms in total. The van der Waals surface area contributed by atoms with E-state index in [4.69, 9.17) is 0 Å². The van der Waals surface area contributed by atoms with Gasteiger partial charge >= 0.3 is 0 Å². The minimum atomic E-state index is -3.91. The smallest absolute Gasteiger partial charge is 0.279 e. The van der Waals surface area contributed by atoms with Crippen LogP contribution in [0.15, 0.2) is 82.8 Å². The Morgan fingerprint density at radius 1 is 0.912 bits per heavy atom. The Morgan fingerprint density at radius 3 is 2.15 bits per heavy atom. The summed E-state index contributed by atoms with van der Waals surface area (Å²) in [5.74, 6) is -0.0454. The molecule has 0 bridgehead atoms. The second-order valence-electron chi connectivity index (χ2n) is 8.35. The maximum atomic E-state index is 13.6. The summed E-state index contributed by atoms with van der Waals surface area (Å²) in [5, 5.41) is 4.55. The van der Waals surface area contributed by atoms with E-state index in [1.807, 2.05) is 38.1 Å². The summed E-state index contributed by atoms with van der Waals surface area (Å²) >= 11 is 0. The largest absolute Gasteiger partial charge is 0.284 e. The highest BCUT2D eigenvalue weighted by Gasteiger charge is 2.37. The molecule has 0 radical (unpaired) electrons. The van der Waals surface area contributed by atoms with Crippen molar-refractivity contribution in [3.8, 4) is 0 Å². The van der Waals surface area contributed by atoms with E-state index < -0.39 is 26.1 Å². The Labute approximate surface area is 201 Å². The van der Waals surface area contributed by atoms with Crippen molar-refractivity contribution >= 4 is 31.4 Å². The molecule has 0 fully saturated rings. The lowest BCUT2D eigenvalue weighted by molar-refractivity contribution is 0.371. The predicted octanol–water partition coefficient (Wildman–Crippen LogP) is 4.61. The zero-order chi connectivity index (χ0) is 24.5. The van der Waals surface area contributed by atoms with Crippen LogP contribution in [0.4, 0.5) is 5.69 Å². The molecule has 1 N–H and O–H groups in total. The van der Waals surface area contributed by atoms with Crippen LogP contribution in [0.5, 0.6) is 0 Å². The quantitative estimate of drug-likeness (QED) is 0.516. The SMILES string of the molecule is CCS(=O)(=O)Nc1cccc(C2=NN(S(=O)(=O)c3ccc(C)cc3)C(c3ccc(C)cc3)C2)c1. The Morgan fingerprint density at radius 2 is 1.53 bits per heavy atom. The molecule has 0 amide bonds. The third-order valence-electron chi connectivity index (χ3n) is 5.75. The number of hydrazone groups is 1. The molecule has 9 heteroatoms. The zero-order valence-electron chi connectivity index (χ0n) is 19.3. The Bertz CT molecular complexity index is 1430. The van der Waals surface area contributed by atoms with Crippen molar-refractivity contribution in [3.05, 3.63) is 95.1 Å². The first-order valence-electron chi connectivity index (χ1n) is 10.9. The Balaban J connectivity index is 1.76. The van der Waals surface area contributed by atoms with E-state index in [2.05, 4.69) is 9.82 Å². The zero-order valence-corrected chi connectivity index (χ0v) is 20.9. The fourth-order valence-electron chi connectivity index (χ4n) is 3.75. The normalized spacial score (nSPS) is 16.4. The molecule has 1 atom stereocenters. The van der Waals surface area contributed by atoms with Crippen LogP contribution in [0, 0.1) is 13.8 Å². The number of aryl methyl sites for hydroxylation is 2. The minimum Gasteiger partial charge on any atom is -0.284 e. The first-order valence-corrected chi connectivity index (χ1v) is 14.0. The highest BCUT2D eigenvalue weighted by molar-refractivity contribution is 7.92. The summed E-state index contributed by atoms with van der Waals surface area (Å²) in [7, 11) is -7.35. The molecule has 0 saturated carbocycles. The van der Waals surface area contributed by atoms with Crippen molar-refractivity contribution < 1.29 is 16.8 Å². The average molecular weight is 498 g/mol. The van der Waals surface area contributed by atoms with Gasteiger partial charge in [0.1, 0.15) is 0 Å². The molecule has 1 aliphatic rings. The van der Waals surface area contributed by atoms with Crippen molar-refractivity contribution in [3.63, 3.8) is 0 Å². The molecule has 3 aromatic carbocycles. The number of nitrogens with zero attached hydrogens (tertiary/aromatic N) is 2. The number of sulfonamides is 2. The molecule has 1 unspecified atom stereocenters. The molecule has 0 saturated heterocycles. The van der Waals surface area contributed by atoms with E-state index in [0.29, 0.717) is 23.4 Å². The van der Waals surface area contributed by atoms with Gasteiger partial charge < -0.3 is 0 Å². The number of hydrogen-bond donors (Lipinski definition) is 1. The molecular weight excluding hydrogens is 470 g/mol. The fourth-order valence-corrected chi connectivity index (χ4v) is 5.82. The number of rotatable bonds is 7. The van der Waals surface area contributed by atoms with Gasteiger partial charge in [0.15, 0.2) is 0 Å². The van der Waals surface area contributed by atoms with E-state index in [-0.39, 0.29) is 10.6 Å². The number of anilines is 1. The summed E-state index contributed by atoms with van der Waals surface area (Å²) < 4.78 is 54.9. The summed E-state index contributed by atoms with van der Waals surface area (Å²) in [5.41, 5.74) is 4.52. The number of nitrogens with one attached hydrogen (secondary N) is 1. The van der Waals surface area contributed by atoms with E-state index in [1.54, 1.807) is 55.5 Å². The molecule has 1 heterocycles.